The summed E-state index contributed by atoms with van der Waals surface area (Å²) in [7, 11) is 5.68. The number of fused-ring (bicyclic) bond motifs is 1. The maximum atomic E-state index is 5.09. The molecule has 2 heterocycles. The van der Waals surface area contributed by atoms with E-state index in [4.69, 9.17) is 9.72 Å². The summed E-state index contributed by atoms with van der Waals surface area (Å²) >= 11 is 1.73. The van der Waals surface area contributed by atoms with Crippen LogP contribution in [-0.2, 0) is 11.3 Å². The van der Waals surface area contributed by atoms with Crippen LogP contribution in [0.3, 0.4) is 0 Å². The zero-order valence-corrected chi connectivity index (χ0v) is 13.6. The lowest BCUT2D eigenvalue weighted by Crippen LogP contribution is -2.23. The van der Waals surface area contributed by atoms with Gasteiger partial charge in [-0.3, -0.25) is 4.90 Å². The Morgan fingerprint density at radius 3 is 2.70 bits per heavy atom. The van der Waals surface area contributed by atoms with Crippen LogP contribution < -0.4 is 5.32 Å². The van der Waals surface area contributed by atoms with E-state index in [0.29, 0.717) is 0 Å². The predicted molar refractivity (Wildman–Crippen MR) is 84.6 cm³/mol. The van der Waals surface area contributed by atoms with Gasteiger partial charge in [-0.1, -0.05) is 0 Å². The van der Waals surface area contributed by atoms with Crippen molar-refractivity contribution in [2.24, 2.45) is 0 Å². The molecule has 0 saturated carbocycles. The fourth-order valence-electron chi connectivity index (χ4n) is 2.11. The Labute approximate surface area is 124 Å². The second-order valence-electron chi connectivity index (χ2n) is 4.93. The number of hydrogen-bond donors (Lipinski definition) is 1. The molecule has 0 amide bonds. The zero-order chi connectivity index (χ0) is 14.7. The Morgan fingerprint density at radius 1 is 1.30 bits per heavy atom. The van der Waals surface area contributed by atoms with Crippen LogP contribution in [0.25, 0.3) is 10.2 Å². The molecule has 0 radical (unpaired) electrons. The number of ether oxygens (including phenoxy) is 1. The van der Waals surface area contributed by atoms with Gasteiger partial charge in [0.2, 0.25) is 0 Å². The molecule has 2 aromatic heterocycles. The van der Waals surface area contributed by atoms with E-state index in [2.05, 4.69) is 36.1 Å². The molecule has 20 heavy (non-hydrogen) atoms. The van der Waals surface area contributed by atoms with Crippen molar-refractivity contribution in [3.05, 3.63) is 16.3 Å². The lowest BCUT2D eigenvalue weighted by molar-refractivity contribution is 0.157. The third-order valence-corrected chi connectivity index (χ3v) is 4.50. The van der Waals surface area contributed by atoms with Gasteiger partial charge in [-0.15, -0.1) is 11.3 Å². The first-order chi connectivity index (χ1) is 9.56. The van der Waals surface area contributed by atoms with Crippen molar-refractivity contribution in [2.75, 3.05) is 39.7 Å². The number of nitrogens with one attached hydrogen (secondary N) is 1. The van der Waals surface area contributed by atoms with Gasteiger partial charge in [0.1, 0.15) is 16.5 Å². The lowest BCUT2D eigenvalue weighted by atomic mass is 10.2. The van der Waals surface area contributed by atoms with E-state index in [1.807, 2.05) is 7.05 Å². The van der Waals surface area contributed by atoms with Crippen molar-refractivity contribution in [1.29, 1.82) is 0 Å². The number of aromatic nitrogens is 2. The maximum Gasteiger partial charge on any atom is 0.146 e. The summed E-state index contributed by atoms with van der Waals surface area (Å²) in [4.78, 5) is 13.9. The lowest BCUT2D eigenvalue weighted by Gasteiger charge is -2.15. The van der Waals surface area contributed by atoms with E-state index in [-0.39, 0.29) is 0 Å². The van der Waals surface area contributed by atoms with Gasteiger partial charge in [-0.05, 0) is 26.5 Å². The quantitative estimate of drug-likeness (QED) is 0.887. The van der Waals surface area contributed by atoms with E-state index in [9.17, 15) is 0 Å². The van der Waals surface area contributed by atoms with Crippen LogP contribution in [0.1, 0.15) is 16.3 Å². The fraction of sp³-hybridized carbons (Fsp3) is 0.571. The molecular weight excluding hydrogens is 272 g/mol. The first kappa shape index (κ1) is 15.2. The van der Waals surface area contributed by atoms with Gasteiger partial charge in [0.15, 0.2) is 0 Å². The van der Waals surface area contributed by atoms with Crippen LogP contribution in [-0.4, -0.2) is 49.2 Å². The highest BCUT2D eigenvalue weighted by Gasteiger charge is 2.14. The number of anilines is 1. The number of methoxy groups -OCH3 is 1. The number of aryl methyl sites for hydroxylation is 2. The molecule has 0 bridgehead atoms. The van der Waals surface area contributed by atoms with Crippen molar-refractivity contribution >= 4 is 27.4 Å². The van der Waals surface area contributed by atoms with Gasteiger partial charge in [-0.25, -0.2) is 9.97 Å². The van der Waals surface area contributed by atoms with Gasteiger partial charge >= 0.3 is 0 Å². The summed E-state index contributed by atoms with van der Waals surface area (Å²) in [6.07, 6.45) is 0. The van der Waals surface area contributed by atoms with Crippen molar-refractivity contribution in [3.8, 4) is 0 Å². The van der Waals surface area contributed by atoms with Crippen molar-refractivity contribution < 1.29 is 4.74 Å². The second kappa shape index (κ2) is 6.47. The average Bonchev–Trinajstić information content (AvgIpc) is 2.71. The summed E-state index contributed by atoms with van der Waals surface area (Å²) in [5.41, 5.74) is 1.27. The van der Waals surface area contributed by atoms with Gasteiger partial charge in [0.05, 0.1) is 18.5 Å². The van der Waals surface area contributed by atoms with Crippen LogP contribution in [0.4, 0.5) is 5.82 Å². The minimum Gasteiger partial charge on any atom is -0.383 e. The van der Waals surface area contributed by atoms with Crippen molar-refractivity contribution in [1.82, 2.24) is 14.9 Å². The Morgan fingerprint density at radius 2 is 2.05 bits per heavy atom. The molecular formula is C14H22N4OS. The molecule has 0 aliphatic heterocycles. The SMILES string of the molecule is CNc1nc(CN(C)CCOC)nc2sc(C)c(C)c12. The zero-order valence-electron chi connectivity index (χ0n) is 12.8. The van der Waals surface area contributed by atoms with Crippen molar-refractivity contribution in [3.63, 3.8) is 0 Å². The maximum absolute atomic E-state index is 5.09. The molecule has 1 N–H and O–H groups in total. The number of nitrogens with zero attached hydrogens (tertiary/aromatic N) is 3. The van der Waals surface area contributed by atoms with Crippen LogP contribution in [0.5, 0.6) is 0 Å². The molecule has 2 rings (SSSR count). The Hall–Kier alpha value is -1.24. The summed E-state index contributed by atoms with van der Waals surface area (Å²) in [6, 6.07) is 0. The minimum atomic E-state index is 0.717. The smallest absolute Gasteiger partial charge is 0.146 e. The van der Waals surface area contributed by atoms with E-state index >= 15 is 0 Å². The van der Waals surface area contributed by atoms with Crippen molar-refractivity contribution in [2.45, 2.75) is 20.4 Å². The van der Waals surface area contributed by atoms with Gasteiger partial charge in [0.25, 0.3) is 0 Å². The predicted octanol–water partition coefficient (Wildman–Crippen LogP) is 2.43. The molecule has 0 spiro atoms. The van der Waals surface area contributed by atoms with Crippen LogP contribution >= 0.6 is 11.3 Å². The van der Waals surface area contributed by atoms with Gasteiger partial charge in [-0.2, -0.15) is 0 Å². The van der Waals surface area contributed by atoms with Crippen LogP contribution in [0.2, 0.25) is 0 Å². The molecule has 0 atom stereocenters. The minimum absolute atomic E-state index is 0.717. The van der Waals surface area contributed by atoms with E-state index in [0.717, 1.165) is 41.6 Å². The first-order valence-electron chi connectivity index (χ1n) is 6.68. The molecule has 2 aromatic rings. The molecule has 0 aliphatic rings. The molecule has 6 heteroatoms. The highest BCUT2D eigenvalue weighted by Crippen LogP contribution is 2.33. The molecule has 5 nitrogen and oxygen atoms in total. The Bertz CT molecular complexity index is 596. The number of rotatable bonds is 6. The summed E-state index contributed by atoms with van der Waals surface area (Å²) in [5.74, 6) is 1.77. The molecule has 0 saturated heterocycles. The van der Waals surface area contributed by atoms with E-state index in [1.165, 1.54) is 10.4 Å². The standard InChI is InChI=1S/C14H22N4OS/c1-9-10(2)20-14-12(9)13(15-3)16-11(17-14)8-18(4)6-7-19-5/h6-8H2,1-5H3,(H,15,16,17). The Balaban J connectivity index is 2.31. The molecule has 0 unspecified atom stereocenters. The number of hydrogen-bond acceptors (Lipinski definition) is 6. The second-order valence-corrected chi connectivity index (χ2v) is 6.14. The van der Waals surface area contributed by atoms with Gasteiger partial charge in [0, 0.05) is 25.6 Å². The van der Waals surface area contributed by atoms with E-state index < -0.39 is 0 Å². The molecule has 110 valence electrons. The van der Waals surface area contributed by atoms with Crippen LogP contribution in [0.15, 0.2) is 0 Å². The Kier molecular flexibility index (Phi) is 4.91. The van der Waals surface area contributed by atoms with Crippen LogP contribution in [0, 0.1) is 13.8 Å². The molecule has 0 fully saturated rings. The monoisotopic (exact) mass is 294 g/mol. The average molecular weight is 294 g/mol. The third kappa shape index (κ3) is 3.08. The number of likely N-dealkylation sites (N-methyl/N-ethyl adjacent to an activating group) is 1. The third-order valence-electron chi connectivity index (χ3n) is 3.40. The molecule has 0 aromatic carbocycles. The molecule has 0 aliphatic carbocycles. The summed E-state index contributed by atoms with van der Waals surface area (Å²) in [5, 5.41) is 4.34. The summed E-state index contributed by atoms with van der Waals surface area (Å²) in [6.45, 7) is 6.57. The normalized spacial score (nSPS) is 11.5. The first-order valence-corrected chi connectivity index (χ1v) is 7.50. The highest BCUT2D eigenvalue weighted by atomic mass is 32.1. The fourth-order valence-corrected chi connectivity index (χ4v) is 3.16. The largest absolute Gasteiger partial charge is 0.383 e. The van der Waals surface area contributed by atoms with Gasteiger partial charge < -0.3 is 10.1 Å². The number of thiophene rings is 1. The summed E-state index contributed by atoms with van der Waals surface area (Å²) < 4.78 is 5.09. The topological polar surface area (TPSA) is 50.3 Å². The highest BCUT2D eigenvalue weighted by molar-refractivity contribution is 7.18. The van der Waals surface area contributed by atoms with E-state index in [1.54, 1.807) is 18.4 Å².